The van der Waals surface area contributed by atoms with E-state index in [2.05, 4.69) is 15.6 Å². The minimum absolute atomic E-state index is 0.0994. The first-order chi connectivity index (χ1) is 8.54. The van der Waals surface area contributed by atoms with Crippen molar-refractivity contribution in [2.75, 3.05) is 11.9 Å². The van der Waals surface area contributed by atoms with Crippen LogP contribution in [0.5, 0.6) is 0 Å². The van der Waals surface area contributed by atoms with E-state index in [4.69, 9.17) is 5.11 Å². The second-order valence-corrected chi connectivity index (χ2v) is 4.38. The van der Waals surface area contributed by atoms with E-state index < -0.39 is 5.97 Å². The van der Waals surface area contributed by atoms with E-state index in [9.17, 15) is 9.59 Å². The van der Waals surface area contributed by atoms with Gasteiger partial charge in [-0.3, -0.25) is 4.79 Å². The van der Waals surface area contributed by atoms with Crippen LogP contribution in [-0.4, -0.2) is 34.6 Å². The number of rotatable bonds is 5. The van der Waals surface area contributed by atoms with Crippen LogP contribution < -0.4 is 10.6 Å². The maximum atomic E-state index is 11.5. The molecule has 0 saturated heterocycles. The van der Waals surface area contributed by atoms with Crippen LogP contribution in [0.1, 0.15) is 28.9 Å². The van der Waals surface area contributed by atoms with Crippen LogP contribution >= 0.6 is 0 Å². The minimum Gasteiger partial charge on any atom is -0.478 e. The molecule has 1 aliphatic rings. The Kier molecular flexibility index (Phi) is 3.45. The van der Waals surface area contributed by atoms with E-state index in [1.54, 1.807) is 6.92 Å². The average molecular weight is 249 g/mol. The number of aryl methyl sites for hydroxylation is 1. The highest BCUT2D eigenvalue weighted by molar-refractivity contribution is 5.89. The first-order valence-corrected chi connectivity index (χ1v) is 5.80. The average Bonchev–Trinajstić information content (AvgIpc) is 3.09. The number of pyridine rings is 1. The number of carboxylic acids is 1. The molecule has 0 atom stereocenters. The Hall–Kier alpha value is -2.11. The van der Waals surface area contributed by atoms with E-state index in [-0.39, 0.29) is 18.0 Å². The van der Waals surface area contributed by atoms with E-state index >= 15 is 0 Å². The summed E-state index contributed by atoms with van der Waals surface area (Å²) >= 11 is 0. The van der Waals surface area contributed by atoms with Crippen LogP contribution in [0.25, 0.3) is 0 Å². The smallest absolute Gasteiger partial charge is 0.335 e. The van der Waals surface area contributed by atoms with Gasteiger partial charge in [0.05, 0.1) is 12.1 Å². The lowest BCUT2D eigenvalue weighted by molar-refractivity contribution is -0.119. The Balaban J connectivity index is 1.95. The number of hydrogen-bond donors (Lipinski definition) is 3. The molecule has 2 rings (SSSR count). The number of amides is 1. The monoisotopic (exact) mass is 249 g/mol. The predicted molar refractivity (Wildman–Crippen MR) is 65.6 cm³/mol. The van der Waals surface area contributed by atoms with Gasteiger partial charge in [0, 0.05) is 11.7 Å². The highest BCUT2D eigenvalue weighted by Gasteiger charge is 2.22. The third kappa shape index (κ3) is 3.44. The van der Waals surface area contributed by atoms with Crippen molar-refractivity contribution >= 4 is 17.7 Å². The van der Waals surface area contributed by atoms with Crippen molar-refractivity contribution in [3.63, 3.8) is 0 Å². The van der Waals surface area contributed by atoms with Crippen LogP contribution in [0.15, 0.2) is 12.1 Å². The maximum absolute atomic E-state index is 11.5. The molecule has 1 aliphatic carbocycles. The molecular weight excluding hydrogens is 234 g/mol. The van der Waals surface area contributed by atoms with E-state index in [1.807, 2.05) is 0 Å². The highest BCUT2D eigenvalue weighted by atomic mass is 16.4. The number of nitrogens with one attached hydrogen (secondary N) is 2. The molecule has 0 aromatic carbocycles. The Bertz CT molecular complexity index is 483. The number of carboxylic acid groups (broad SMARTS) is 1. The lowest BCUT2D eigenvalue weighted by Crippen LogP contribution is -2.31. The Labute approximate surface area is 104 Å². The molecule has 6 nitrogen and oxygen atoms in total. The van der Waals surface area contributed by atoms with Crippen LogP contribution in [0.2, 0.25) is 0 Å². The Morgan fingerprint density at radius 3 is 2.78 bits per heavy atom. The van der Waals surface area contributed by atoms with E-state index in [1.165, 1.54) is 12.1 Å². The number of nitrogens with zero attached hydrogens (tertiary/aromatic N) is 1. The van der Waals surface area contributed by atoms with Crippen molar-refractivity contribution in [1.29, 1.82) is 0 Å². The van der Waals surface area contributed by atoms with Crippen molar-refractivity contribution in [2.45, 2.75) is 25.8 Å². The van der Waals surface area contributed by atoms with Gasteiger partial charge in [0.15, 0.2) is 0 Å². The summed E-state index contributed by atoms with van der Waals surface area (Å²) in [7, 11) is 0. The number of anilines is 1. The van der Waals surface area contributed by atoms with Crippen molar-refractivity contribution in [1.82, 2.24) is 10.3 Å². The zero-order valence-corrected chi connectivity index (χ0v) is 10.1. The lowest BCUT2D eigenvalue weighted by Gasteiger charge is -2.07. The third-order valence-electron chi connectivity index (χ3n) is 2.57. The highest BCUT2D eigenvalue weighted by Crippen LogP contribution is 2.18. The quantitative estimate of drug-likeness (QED) is 0.717. The molecule has 96 valence electrons. The lowest BCUT2D eigenvalue weighted by atomic mass is 10.2. The van der Waals surface area contributed by atoms with Crippen molar-refractivity contribution in [3.05, 3.63) is 23.4 Å². The van der Waals surface area contributed by atoms with Gasteiger partial charge < -0.3 is 15.7 Å². The summed E-state index contributed by atoms with van der Waals surface area (Å²) in [4.78, 5) is 26.4. The summed E-state index contributed by atoms with van der Waals surface area (Å²) in [6.07, 6.45) is 2.08. The Morgan fingerprint density at radius 2 is 2.17 bits per heavy atom. The van der Waals surface area contributed by atoms with E-state index in [0.29, 0.717) is 17.6 Å². The molecule has 1 aromatic rings. The van der Waals surface area contributed by atoms with Gasteiger partial charge in [0.2, 0.25) is 5.91 Å². The maximum Gasteiger partial charge on any atom is 0.335 e. The summed E-state index contributed by atoms with van der Waals surface area (Å²) in [6.45, 7) is 1.81. The van der Waals surface area contributed by atoms with Gasteiger partial charge in [-0.1, -0.05) is 0 Å². The molecule has 0 spiro atoms. The van der Waals surface area contributed by atoms with E-state index in [0.717, 1.165) is 12.8 Å². The molecule has 1 amide bonds. The zero-order chi connectivity index (χ0) is 13.1. The van der Waals surface area contributed by atoms with Gasteiger partial charge in [-0.05, 0) is 31.9 Å². The standard InChI is InChI=1S/C12H15N3O3/c1-7-4-8(12(17)18)5-10(14-7)13-6-11(16)15-9-2-3-9/h4-5,9H,2-3,6H2,1H3,(H,13,14)(H,15,16)(H,17,18). The van der Waals surface area contributed by atoms with Crippen LogP contribution in [0.4, 0.5) is 5.82 Å². The van der Waals surface area contributed by atoms with Crippen LogP contribution in [0.3, 0.4) is 0 Å². The molecular formula is C12H15N3O3. The first-order valence-electron chi connectivity index (χ1n) is 5.80. The summed E-state index contributed by atoms with van der Waals surface area (Å²) in [5, 5.41) is 14.6. The number of aromatic carboxylic acids is 1. The summed E-state index contributed by atoms with van der Waals surface area (Å²) in [5.74, 6) is -0.706. The first kappa shape index (κ1) is 12.3. The Morgan fingerprint density at radius 1 is 1.44 bits per heavy atom. The number of aromatic nitrogens is 1. The second-order valence-electron chi connectivity index (χ2n) is 4.38. The summed E-state index contributed by atoms with van der Waals surface area (Å²) in [6, 6.07) is 3.22. The largest absolute Gasteiger partial charge is 0.478 e. The molecule has 3 N–H and O–H groups in total. The minimum atomic E-state index is -1.01. The summed E-state index contributed by atoms with van der Waals surface area (Å²) in [5.41, 5.74) is 0.757. The molecule has 0 bridgehead atoms. The van der Waals surface area contributed by atoms with Gasteiger partial charge in [-0.25, -0.2) is 9.78 Å². The fraction of sp³-hybridized carbons (Fsp3) is 0.417. The van der Waals surface area contributed by atoms with Gasteiger partial charge in [0.25, 0.3) is 0 Å². The van der Waals surface area contributed by atoms with Crippen molar-refractivity contribution in [2.24, 2.45) is 0 Å². The SMILES string of the molecule is Cc1cc(C(=O)O)cc(NCC(=O)NC2CC2)n1. The zero-order valence-electron chi connectivity index (χ0n) is 10.1. The van der Waals surface area contributed by atoms with Gasteiger partial charge in [-0.2, -0.15) is 0 Å². The fourth-order valence-corrected chi connectivity index (χ4v) is 1.56. The fourth-order valence-electron chi connectivity index (χ4n) is 1.56. The van der Waals surface area contributed by atoms with Gasteiger partial charge in [-0.15, -0.1) is 0 Å². The van der Waals surface area contributed by atoms with Crippen LogP contribution in [0, 0.1) is 6.92 Å². The molecule has 1 fully saturated rings. The normalized spacial score (nSPS) is 14.1. The topological polar surface area (TPSA) is 91.3 Å². The van der Waals surface area contributed by atoms with Crippen molar-refractivity contribution in [3.8, 4) is 0 Å². The molecule has 0 unspecified atom stereocenters. The van der Waals surface area contributed by atoms with Gasteiger partial charge >= 0.3 is 5.97 Å². The molecule has 0 radical (unpaired) electrons. The van der Waals surface area contributed by atoms with Gasteiger partial charge in [0.1, 0.15) is 5.82 Å². The predicted octanol–water partition coefficient (Wildman–Crippen LogP) is 0.779. The molecule has 6 heteroatoms. The number of carbonyl (C=O) groups excluding carboxylic acids is 1. The molecule has 18 heavy (non-hydrogen) atoms. The van der Waals surface area contributed by atoms with Crippen molar-refractivity contribution < 1.29 is 14.7 Å². The van der Waals surface area contributed by atoms with Crippen LogP contribution in [-0.2, 0) is 4.79 Å². The second kappa shape index (κ2) is 5.03. The molecule has 1 saturated carbocycles. The molecule has 0 aliphatic heterocycles. The molecule has 1 aromatic heterocycles. The number of carbonyl (C=O) groups is 2. The summed E-state index contributed by atoms with van der Waals surface area (Å²) < 4.78 is 0. The third-order valence-corrected chi connectivity index (χ3v) is 2.57. The molecule has 1 heterocycles. The number of hydrogen-bond acceptors (Lipinski definition) is 4.